The Morgan fingerprint density at radius 1 is 1.21 bits per heavy atom. The number of benzene rings is 1. The van der Waals surface area contributed by atoms with Crippen molar-refractivity contribution in [2.45, 2.75) is 19.3 Å². The van der Waals surface area contributed by atoms with Gasteiger partial charge >= 0.3 is 0 Å². The summed E-state index contributed by atoms with van der Waals surface area (Å²) in [5.74, 6) is 0.0821. The van der Waals surface area contributed by atoms with Crippen molar-refractivity contribution in [2.75, 3.05) is 26.7 Å². The van der Waals surface area contributed by atoms with Crippen molar-refractivity contribution in [3.05, 3.63) is 52.7 Å². The maximum absolute atomic E-state index is 10.1. The van der Waals surface area contributed by atoms with Gasteiger partial charge in [-0.25, -0.2) is 0 Å². The number of nitriles is 3. The summed E-state index contributed by atoms with van der Waals surface area (Å²) >= 11 is 0. The maximum atomic E-state index is 10.1. The molecule has 6 nitrogen and oxygen atoms in total. The SMILES string of the molecule is CCCN1CC=C2C(C#N)=C(N)C(C#N)(C#N)[C@H](c3ccc(OC)cc3)[C@@H]2C1. The Balaban J connectivity index is 2.23. The number of ether oxygens (including phenoxy) is 1. The lowest BCUT2D eigenvalue weighted by atomic mass is 9.58. The Morgan fingerprint density at radius 2 is 1.89 bits per heavy atom. The van der Waals surface area contributed by atoms with Gasteiger partial charge in [0.25, 0.3) is 0 Å². The molecule has 0 saturated carbocycles. The van der Waals surface area contributed by atoms with Gasteiger partial charge in [-0.3, -0.25) is 4.90 Å². The fourth-order valence-electron chi connectivity index (χ4n) is 4.43. The van der Waals surface area contributed by atoms with Gasteiger partial charge in [-0.15, -0.1) is 0 Å². The fraction of sp³-hybridized carbons (Fsp3) is 0.409. The third-order valence-electron chi connectivity index (χ3n) is 5.75. The van der Waals surface area contributed by atoms with Gasteiger partial charge in [-0.1, -0.05) is 25.1 Å². The third-order valence-corrected chi connectivity index (χ3v) is 5.75. The molecule has 0 bridgehead atoms. The van der Waals surface area contributed by atoms with Crippen LogP contribution >= 0.6 is 0 Å². The second kappa shape index (κ2) is 7.77. The van der Waals surface area contributed by atoms with Crippen LogP contribution in [-0.4, -0.2) is 31.6 Å². The van der Waals surface area contributed by atoms with Crippen LogP contribution in [0.3, 0.4) is 0 Å². The van der Waals surface area contributed by atoms with Crippen molar-refractivity contribution in [1.82, 2.24) is 4.90 Å². The summed E-state index contributed by atoms with van der Waals surface area (Å²) in [7, 11) is 1.59. The average Bonchev–Trinajstić information content (AvgIpc) is 2.73. The van der Waals surface area contributed by atoms with Crippen LogP contribution in [0.2, 0.25) is 0 Å². The van der Waals surface area contributed by atoms with Crippen LogP contribution in [0.1, 0.15) is 24.8 Å². The highest BCUT2D eigenvalue weighted by molar-refractivity contribution is 5.59. The van der Waals surface area contributed by atoms with Crippen molar-refractivity contribution in [3.8, 4) is 24.0 Å². The highest BCUT2D eigenvalue weighted by atomic mass is 16.5. The third kappa shape index (κ3) is 2.91. The molecule has 142 valence electrons. The Bertz CT molecular complexity index is 925. The van der Waals surface area contributed by atoms with E-state index < -0.39 is 11.3 Å². The predicted molar refractivity (Wildman–Crippen MR) is 105 cm³/mol. The zero-order chi connectivity index (χ0) is 20.3. The average molecular weight is 373 g/mol. The lowest BCUT2D eigenvalue weighted by Crippen LogP contribution is -2.48. The molecule has 0 spiro atoms. The van der Waals surface area contributed by atoms with Gasteiger partial charge in [-0.2, -0.15) is 15.8 Å². The minimum atomic E-state index is -1.59. The van der Waals surface area contributed by atoms with E-state index in [1.165, 1.54) is 0 Å². The van der Waals surface area contributed by atoms with Crippen LogP contribution in [0.15, 0.2) is 47.2 Å². The fourth-order valence-corrected chi connectivity index (χ4v) is 4.43. The first kappa shape index (κ1) is 19.5. The molecule has 0 fully saturated rings. The first-order valence-electron chi connectivity index (χ1n) is 9.35. The summed E-state index contributed by atoms with van der Waals surface area (Å²) in [5.41, 5.74) is 6.77. The van der Waals surface area contributed by atoms with E-state index in [-0.39, 0.29) is 17.2 Å². The van der Waals surface area contributed by atoms with Crippen LogP contribution in [0.5, 0.6) is 5.75 Å². The molecule has 1 aliphatic heterocycles. The molecule has 1 aromatic carbocycles. The van der Waals surface area contributed by atoms with Crippen LogP contribution in [0, 0.1) is 45.3 Å². The molecule has 1 aromatic rings. The minimum absolute atomic E-state index is 0.0623. The summed E-state index contributed by atoms with van der Waals surface area (Å²) in [4.78, 5) is 2.29. The topological polar surface area (TPSA) is 110 Å². The molecule has 2 atom stereocenters. The van der Waals surface area contributed by atoms with Crippen LogP contribution in [0.4, 0.5) is 0 Å². The van der Waals surface area contributed by atoms with Crippen molar-refractivity contribution >= 4 is 0 Å². The smallest absolute Gasteiger partial charge is 0.191 e. The number of hydrogen-bond donors (Lipinski definition) is 1. The number of rotatable bonds is 4. The van der Waals surface area contributed by atoms with Gasteiger partial charge < -0.3 is 10.5 Å². The molecular weight excluding hydrogens is 350 g/mol. The van der Waals surface area contributed by atoms with Gasteiger partial charge in [0.05, 0.1) is 30.5 Å². The minimum Gasteiger partial charge on any atom is -0.497 e. The first-order valence-corrected chi connectivity index (χ1v) is 9.35. The van der Waals surface area contributed by atoms with E-state index in [4.69, 9.17) is 10.5 Å². The van der Waals surface area contributed by atoms with Crippen molar-refractivity contribution < 1.29 is 4.74 Å². The Labute approximate surface area is 165 Å². The quantitative estimate of drug-likeness (QED) is 0.869. The second-order valence-electron chi connectivity index (χ2n) is 7.21. The van der Waals surface area contributed by atoms with Gasteiger partial charge in [0.15, 0.2) is 5.41 Å². The molecule has 2 N–H and O–H groups in total. The Morgan fingerprint density at radius 3 is 2.43 bits per heavy atom. The molecule has 0 unspecified atom stereocenters. The largest absolute Gasteiger partial charge is 0.497 e. The van der Waals surface area contributed by atoms with E-state index in [2.05, 4.69) is 30.0 Å². The molecular formula is C22H23N5O. The maximum Gasteiger partial charge on any atom is 0.191 e. The number of allylic oxidation sites excluding steroid dienone is 2. The highest BCUT2D eigenvalue weighted by Gasteiger charge is 2.54. The van der Waals surface area contributed by atoms with E-state index >= 15 is 0 Å². The first-order chi connectivity index (χ1) is 13.6. The molecule has 0 amide bonds. The van der Waals surface area contributed by atoms with E-state index in [0.29, 0.717) is 12.3 Å². The lowest BCUT2D eigenvalue weighted by Gasteiger charge is -2.45. The lowest BCUT2D eigenvalue weighted by molar-refractivity contribution is 0.207. The normalized spacial score (nSPS) is 23.6. The van der Waals surface area contributed by atoms with E-state index in [1.54, 1.807) is 7.11 Å². The zero-order valence-electron chi connectivity index (χ0n) is 16.1. The highest BCUT2D eigenvalue weighted by Crippen LogP contribution is 2.54. The monoisotopic (exact) mass is 373 g/mol. The van der Waals surface area contributed by atoms with Crippen molar-refractivity contribution in [2.24, 2.45) is 17.1 Å². The van der Waals surface area contributed by atoms with Crippen LogP contribution in [0.25, 0.3) is 0 Å². The molecule has 6 heteroatoms. The summed E-state index contributed by atoms with van der Waals surface area (Å²) in [6.45, 7) is 4.46. The molecule has 1 aliphatic carbocycles. The van der Waals surface area contributed by atoms with E-state index in [0.717, 1.165) is 30.6 Å². The van der Waals surface area contributed by atoms with E-state index in [1.807, 2.05) is 30.3 Å². The van der Waals surface area contributed by atoms with Gasteiger partial charge in [-0.05, 0) is 36.2 Å². The predicted octanol–water partition coefficient (Wildman–Crippen LogP) is 2.83. The Kier molecular flexibility index (Phi) is 5.41. The van der Waals surface area contributed by atoms with Gasteiger partial charge in [0, 0.05) is 24.9 Å². The standard InChI is InChI=1S/C22H23N5O/c1-3-9-27-10-8-17-18(11-23)21(26)22(13-24,14-25)20(19(17)12-27)15-4-6-16(28-2)7-5-15/h4-8,19-20H,3,9-10,12,26H2,1-2H3/t19-,20-/m1/s1. The Hall–Kier alpha value is -3.27. The summed E-state index contributed by atoms with van der Waals surface area (Å²) in [5, 5.41) is 29.9. The number of nitrogens with two attached hydrogens (primary N) is 1. The second-order valence-corrected chi connectivity index (χ2v) is 7.21. The molecule has 1 heterocycles. The molecule has 0 saturated heterocycles. The van der Waals surface area contributed by atoms with Crippen LogP contribution < -0.4 is 10.5 Å². The van der Waals surface area contributed by atoms with Crippen molar-refractivity contribution in [1.29, 1.82) is 15.8 Å². The number of methoxy groups -OCH3 is 1. The summed E-state index contributed by atoms with van der Waals surface area (Å²) in [6, 6.07) is 13.9. The zero-order valence-corrected chi connectivity index (χ0v) is 16.1. The molecule has 3 rings (SSSR count). The number of fused-ring (bicyclic) bond motifs is 1. The van der Waals surface area contributed by atoms with E-state index in [9.17, 15) is 15.8 Å². The molecule has 0 aromatic heterocycles. The molecule has 0 radical (unpaired) electrons. The van der Waals surface area contributed by atoms with Crippen LogP contribution in [-0.2, 0) is 0 Å². The summed E-state index contributed by atoms with van der Waals surface area (Å²) in [6.07, 6.45) is 3.04. The summed E-state index contributed by atoms with van der Waals surface area (Å²) < 4.78 is 5.25. The number of hydrogen-bond acceptors (Lipinski definition) is 6. The number of nitrogens with zero attached hydrogens (tertiary/aromatic N) is 4. The molecule has 28 heavy (non-hydrogen) atoms. The van der Waals surface area contributed by atoms with Gasteiger partial charge in [0.2, 0.25) is 0 Å². The molecule has 2 aliphatic rings. The van der Waals surface area contributed by atoms with Crippen molar-refractivity contribution in [3.63, 3.8) is 0 Å². The van der Waals surface area contributed by atoms with Gasteiger partial charge in [0.1, 0.15) is 11.8 Å².